The molecule has 6 nitrogen and oxygen atoms in total. The summed E-state index contributed by atoms with van der Waals surface area (Å²) in [6, 6.07) is 7.84. The lowest BCUT2D eigenvalue weighted by Gasteiger charge is -2.10. The number of nitrogens with zero attached hydrogens (tertiary/aromatic N) is 1. The van der Waals surface area contributed by atoms with E-state index in [0.29, 0.717) is 32.1 Å². The predicted octanol–water partition coefficient (Wildman–Crippen LogP) is 3.69. The van der Waals surface area contributed by atoms with E-state index < -0.39 is 0 Å². The molecule has 7 heteroatoms. The van der Waals surface area contributed by atoms with Crippen LogP contribution in [0.4, 0.5) is 5.69 Å². The second kappa shape index (κ2) is 14.9. The van der Waals surface area contributed by atoms with Crippen molar-refractivity contribution in [2.75, 3.05) is 25.6 Å². The van der Waals surface area contributed by atoms with E-state index in [0.717, 1.165) is 36.9 Å². The number of nitrogens with one attached hydrogen (secondary N) is 1. The fraction of sp³-hybridized carbons (Fsp3) is 0.556. The quantitative estimate of drug-likeness (QED) is 0.172. The van der Waals surface area contributed by atoms with E-state index in [2.05, 4.69) is 10.3 Å². The number of para-hydroxylation sites is 1. The highest BCUT2D eigenvalue weighted by Gasteiger charge is 2.03. The van der Waals surface area contributed by atoms with E-state index in [9.17, 15) is 4.79 Å². The third kappa shape index (κ3) is 11.0. The number of unbranched alkanes of at least 4 members (excludes halogenated alkanes) is 3. The van der Waals surface area contributed by atoms with Crippen LogP contribution in [0.2, 0.25) is 0 Å². The summed E-state index contributed by atoms with van der Waals surface area (Å²) in [7, 11) is 1.66. The fourth-order valence-electron chi connectivity index (χ4n) is 2.27. The summed E-state index contributed by atoms with van der Waals surface area (Å²) < 4.78 is 10.1. The normalized spacial score (nSPS) is 10.9. The number of ether oxygens (including phenoxy) is 2. The SMILES string of the molecule is CCOC(=O)CCCCCCN=C(N)Nc1ccccc1COC.I. The molecule has 1 aromatic carbocycles. The van der Waals surface area contributed by atoms with Gasteiger partial charge in [0.1, 0.15) is 0 Å². The molecule has 0 aliphatic carbocycles. The van der Waals surface area contributed by atoms with Crippen LogP contribution in [0, 0.1) is 0 Å². The second-order valence-corrected chi connectivity index (χ2v) is 5.45. The zero-order valence-electron chi connectivity index (χ0n) is 15.1. The van der Waals surface area contributed by atoms with E-state index in [-0.39, 0.29) is 29.9 Å². The highest BCUT2D eigenvalue weighted by atomic mass is 127. The van der Waals surface area contributed by atoms with Crippen molar-refractivity contribution in [3.05, 3.63) is 29.8 Å². The molecule has 142 valence electrons. The maximum absolute atomic E-state index is 11.2. The summed E-state index contributed by atoms with van der Waals surface area (Å²) in [5, 5.41) is 3.11. The number of benzene rings is 1. The van der Waals surface area contributed by atoms with Crippen LogP contribution >= 0.6 is 24.0 Å². The molecule has 0 saturated heterocycles. The van der Waals surface area contributed by atoms with Gasteiger partial charge in [0, 0.05) is 31.3 Å². The molecule has 0 bridgehead atoms. The third-order valence-corrected chi connectivity index (χ3v) is 3.46. The first-order valence-electron chi connectivity index (χ1n) is 8.46. The van der Waals surface area contributed by atoms with Gasteiger partial charge in [0.15, 0.2) is 5.96 Å². The number of methoxy groups -OCH3 is 1. The topological polar surface area (TPSA) is 85.9 Å². The number of hydrogen-bond donors (Lipinski definition) is 2. The van der Waals surface area contributed by atoms with Gasteiger partial charge in [-0.15, -0.1) is 24.0 Å². The molecule has 0 amide bonds. The van der Waals surface area contributed by atoms with Gasteiger partial charge in [-0.1, -0.05) is 31.0 Å². The van der Waals surface area contributed by atoms with Crippen molar-refractivity contribution in [2.24, 2.45) is 10.7 Å². The molecule has 0 heterocycles. The molecule has 0 radical (unpaired) electrons. The molecule has 1 aromatic rings. The summed E-state index contributed by atoms with van der Waals surface area (Å²) >= 11 is 0. The molecule has 0 spiro atoms. The molecule has 0 saturated carbocycles. The Morgan fingerprint density at radius 2 is 1.92 bits per heavy atom. The summed E-state index contributed by atoms with van der Waals surface area (Å²) in [5.74, 6) is 0.295. The minimum Gasteiger partial charge on any atom is -0.466 e. The van der Waals surface area contributed by atoms with Crippen LogP contribution in [0.15, 0.2) is 29.3 Å². The van der Waals surface area contributed by atoms with Crippen molar-refractivity contribution < 1.29 is 14.3 Å². The number of anilines is 1. The zero-order chi connectivity index (χ0) is 17.6. The highest BCUT2D eigenvalue weighted by molar-refractivity contribution is 14.0. The second-order valence-electron chi connectivity index (χ2n) is 5.45. The van der Waals surface area contributed by atoms with E-state index in [1.807, 2.05) is 31.2 Å². The Balaban J connectivity index is 0.00000576. The largest absolute Gasteiger partial charge is 0.466 e. The Morgan fingerprint density at radius 3 is 2.64 bits per heavy atom. The van der Waals surface area contributed by atoms with Crippen LogP contribution in [0.3, 0.4) is 0 Å². The molecule has 0 aliphatic heterocycles. The molecule has 25 heavy (non-hydrogen) atoms. The fourth-order valence-corrected chi connectivity index (χ4v) is 2.27. The molecular weight excluding hydrogens is 433 g/mol. The van der Waals surface area contributed by atoms with Gasteiger partial charge in [-0.25, -0.2) is 0 Å². The number of halogens is 1. The number of hydrogen-bond acceptors (Lipinski definition) is 4. The maximum atomic E-state index is 11.2. The number of nitrogens with two attached hydrogens (primary N) is 1. The average Bonchev–Trinajstić information content (AvgIpc) is 2.56. The number of aliphatic imine (C=N–C) groups is 1. The van der Waals surface area contributed by atoms with Crippen LogP contribution in [0.1, 0.15) is 44.6 Å². The molecule has 0 atom stereocenters. The van der Waals surface area contributed by atoms with E-state index >= 15 is 0 Å². The predicted molar refractivity (Wildman–Crippen MR) is 112 cm³/mol. The Kier molecular flexibility index (Phi) is 14.1. The van der Waals surface area contributed by atoms with Gasteiger partial charge >= 0.3 is 5.97 Å². The first-order valence-corrected chi connectivity index (χ1v) is 8.46. The lowest BCUT2D eigenvalue weighted by atomic mass is 10.1. The van der Waals surface area contributed by atoms with Crippen molar-refractivity contribution in [1.29, 1.82) is 0 Å². The Labute approximate surface area is 167 Å². The van der Waals surface area contributed by atoms with E-state index in [1.165, 1.54) is 0 Å². The first-order chi connectivity index (χ1) is 11.7. The number of rotatable bonds is 11. The number of carbonyl (C=O) groups is 1. The average molecular weight is 463 g/mol. The van der Waals surface area contributed by atoms with Gasteiger partial charge in [-0.05, 0) is 25.8 Å². The number of guanidine groups is 1. The van der Waals surface area contributed by atoms with E-state index in [1.54, 1.807) is 7.11 Å². The van der Waals surface area contributed by atoms with Crippen LogP contribution in [-0.4, -0.2) is 32.2 Å². The van der Waals surface area contributed by atoms with Crippen LogP contribution in [0.5, 0.6) is 0 Å². The minimum atomic E-state index is -0.112. The first kappa shape index (κ1) is 23.6. The Morgan fingerprint density at radius 1 is 1.20 bits per heavy atom. The standard InChI is InChI=1S/C18H29N3O3.HI/c1-3-24-17(22)12-6-4-5-9-13-20-18(19)21-16-11-8-7-10-15(16)14-23-2;/h7-8,10-11H,3-6,9,12-14H2,1-2H3,(H3,19,20,21);1H. The molecule has 3 N–H and O–H groups in total. The van der Waals surface area contributed by atoms with Crippen LogP contribution < -0.4 is 11.1 Å². The summed E-state index contributed by atoms with van der Waals surface area (Å²) in [5.41, 5.74) is 7.87. The number of carbonyl (C=O) groups excluding carboxylic acids is 1. The molecule has 0 aliphatic rings. The summed E-state index contributed by atoms with van der Waals surface area (Å²) in [6.45, 7) is 3.47. The lowest BCUT2D eigenvalue weighted by molar-refractivity contribution is -0.143. The maximum Gasteiger partial charge on any atom is 0.305 e. The zero-order valence-corrected chi connectivity index (χ0v) is 17.5. The van der Waals surface area contributed by atoms with Gasteiger partial charge in [0.25, 0.3) is 0 Å². The van der Waals surface area contributed by atoms with Crippen molar-refractivity contribution in [2.45, 2.75) is 45.6 Å². The van der Waals surface area contributed by atoms with Crippen LogP contribution in [0.25, 0.3) is 0 Å². The van der Waals surface area contributed by atoms with Gasteiger partial charge in [0.2, 0.25) is 0 Å². The lowest BCUT2D eigenvalue weighted by Crippen LogP contribution is -2.23. The molecule has 0 unspecified atom stereocenters. The number of esters is 1. The highest BCUT2D eigenvalue weighted by Crippen LogP contribution is 2.15. The van der Waals surface area contributed by atoms with Gasteiger partial charge < -0.3 is 20.5 Å². The van der Waals surface area contributed by atoms with Crippen LogP contribution in [-0.2, 0) is 20.9 Å². The monoisotopic (exact) mass is 463 g/mol. The van der Waals surface area contributed by atoms with Crippen molar-refractivity contribution >= 4 is 41.6 Å². The van der Waals surface area contributed by atoms with E-state index in [4.69, 9.17) is 15.2 Å². The minimum absolute atomic E-state index is 0. The van der Waals surface area contributed by atoms with Crippen molar-refractivity contribution in [1.82, 2.24) is 0 Å². The van der Waals surface area contributed by atoms with Crippen molar-refractivity contribution in [3.8, 4) is 0 Å². The molecular formula is C18H30IN3O3. The molecule has 1 rings (SSSR count). The van der Waals surface area contributed by atoms with Gasteiger partial charge in [-0.3, -0.25) is 9.79 Å². The smallest absolute Gasteiger partial charge is 0.305 e. The Hall–Kier alpha value is -1.35. The van der Waals surface area contributed by atoms with Gasteiger partial charge in [-0.2, -0.15) is 0 Å². The molecule has 0 fully saturated rings. The summed E-state index contributed by atoms with van der Waals surface area (Å²) in [6.07, 6.45) is 4.33. The van der Waals surface area contributed by atoms with Gasteiger partial charge in [0.05, 0.1) is 13.2 Å². The molecule has 0 aromatic heterocycles. The summed E-state index contributed by atoms with van der Waals surface area (Å²) in [4.78, 5) is 15.5. The Bertz CT molecular complexity index is 524. The van der Waals surface area contributed by atoms with Crippen molar-refractivity contribution in [3.63, 3.8) is 0 Å². The third-order valence-electron chi connectivity index (χ3n) is 3.46.